The van der Waals surface area contributed by atoms with E-state index in [2.05, 4.69) is 11.9 Å². The molecule has 3 aromatic rings. The van der Waals surface area contributed by atoms with Crippen LogP contribution in [0.2, 0.25) is 0 Å². The van der Waals surface area contributed by atoms with Crippen LogP contribution in [0.1, 0.15) is 45.8 Å². The number of nitrogens with zero attached hydrogens (tertiary/aromatic N) is 2. The van der Waals surface area contributed by atoms with E-state index in [9.17, 15) is 19.5 Å². The molecule has 0 saturated heterocycles. The van der Waals surface area contributed by atoms with Gasteiger partial charge in [0.15, 0.2) is 6.61 Å². The van der Waals surface area contributed by atoms with Crippen LogP contribution in [-0.4, -0.2) is 79.0 Å². The van der Waals surface area contributed by atoms with Crippen molar-refractivity contribution in [1.29, 1.82) is 0 Å². The van der Waals surface area contributed by atoms with Crippen LogP contribution in [0.25, 0.3) is 0 Å². The molecule has 10 heteroatoms. The zero-order chi connectivity index (χ0) is 27.8. The van der Waals surface area contributed by atoms with E-state index in [1.54, 1.807) is 36.2 Å². The normalized spacial score (nSPS) is 17.6. The average Bonchev–Trinajstić information content (AvgIpc) is 3.69. The molecule has 2 heterocycles. The lowest BCUT2D eigenvalue weighted by atomic mass is 9.90. The van der Waals surface area contributed by atoms with Gasteiger partial charge >= 0.3 is 5.97 Å². The van der Waals surface area contributed by atoms with Gasteiger partial charge in [-0.05, 0) is 79.9 Å². The maximum atomic E-state index is 12.6. The van der Waals surface area contributed by atoms with E-state index >= 15 is 0 Å². The monoisotopic (exact) mass is 570 g/mol. The third-order valence-corrected chi connectivity index (χ3v) is 9.18. The number of hydrogen-bond donors (Lipinski definition) is 1. The lowest BCUT2D eigenvalue weighted by Gasteiger charge is -2.38. The van der Waals surface area contributed by atoms with Crippen molar-refractivity contribution in [3.05, 3.63) is 74.6 Å². The molecule has 1 aliphatic rings. The molecule has 1 N–H and O–H groups in total. The number of hydrogen-bond acceptors (Lipinski definition) is 8. The third kappa shape index (κ3) is 6.94. The molecule has 0 spiro atoms. The Morgan fingerprint density at radius 3 is 2.10 bits per heavy atom. The van der Waals surface area contributed by atoms with Crippen molar-refractivity contribution < 1.29 is 29.0 Å². The molecule has 1 aromatic carbocycles. The minimum Gasteiger partial charge on any atom is -0.484 e. The largest absolute Gasteiger partial charge is 0.484 e. The Balaban J connectivity index is 1.25. The van der Waals surface area contributed by atoms with Gasteiger partial charge in [-0.25, -0.2) is 4.79 Å². The van der Waals surface area contributed by atoms with Gasteiger partial charge in [-0.2, -0.15) is 0 Å². The fraction of sp³-hybridized carbons (Fsp3) is 0.414. The predicted molar refractivity (Wildman–Crippen MR) is 152 cm³/mol. The van der Waals surface area contributed by atoms with E-state index < -0.39 is 11.6 Å². The topological polar surface area (TPSA) is 96.4 Å². The van der Waals surface area contributed by atoms with Crippen LogP contribution in [-0.2, 0) is 19.9 Å². The Labute approximate surface area is 236 Å². The summed E-state index contributed by atoms with van der Waals surface area (Å²) in [5.74, 6) is -0.558. The quantitative estimate of drug-likeness (QED) is 0.296. The predicted octanol–water partition coefficient (Wildman–Crippen LogP) is 4.75. The van der Waals surface area contributed by atoms with Gasteiger partial charge in [-0.15, -0.1) is 22.7 Å². The summed E-state index contributed by atoms with van der Waals surface area (Å²) in [4.78, 5) is 41.2. The second-order valence-corrected chi connectivity index (χ2v) is 11.7. The van der Waals surface area contributed by atoms with Gasteiger partial charge in [0.1, 0.15) is 12.0 Å². The van der Waals surface area contributed by atoms with Crippen molar-refractivity contribution in [1.82, 2.24) is 9.80 Å². The van der Waals surface area contributed by atoms with Crippen LogP contribution < -0.4 is 4.74 Å². The number of aldehydes is 1. The van der Waals surface area contributed by atoms with Gasteiger partial charge in [0.2, 0.25) is 5.60 Å². The van der Waals surface area contributed by atoms with Crippen molar-refractivity contribution >= 4 is 40.8 Å². The van der Waals surface area contributed by atoms with E-state index in [1.807, 2.05) is 35.0 Å². The molecule has 0 atom stereocenters. The molecule has 1 amide bonds. The number of amides is 1. The maximum absolute atomic E-state index is 12.6. The molecule has 1 aliphatic carbocycles. The first-order chi connectivity index (χ1) is 18.8. The van der Waals surface area contributed by atoms with Crippen LogP contribution in [0.15, 0.2) is 59.3 Å². The molecule has 1 fully saturated rings. The highest BCUT2D eigenvalue weighted by atomic mass is 32.1. The molecule has 0 unspecified atom stereocenters. The molecule has 39 heavy (non-hydrogen) atoms. The smallest absolute Gasteiger partial charge is 0.347 e. The van der Waals surface area contributed by atoms with Crippen molar-refractivity contribution in [3.63, 3.8) is 0 Å². The van der Waals surface area contributed by atoms with Crippen LogP contribution in [0.5, 0.6) is 5.75 Å². The molecule has 4 rings (SSSR count). The standard InChI is InChI=1S/C29H34N2O6S2/c1-30(15-16-31(2)27(33)20-36-23-11-7-21(19-32)8-12-23)22-9-13-24(14-10-22)37-29(28(34)35,25-5-3-17-38-25)26-6-4-18-39-26/h3-8,11-12,17-19,22,24H,9-10,13-16,20H2,1-2H3,(H,34,35)/t22-,24-. The van der Waals surface area contributed by atoms with Gasteiger partial charge in [0.05, 0.1) is 15.9 Å². The van der Waals surface area contributed by atoms with Crippen LogP contribution >= 0.6 is 22.7 Å². The first-order valence-electron chi connectivity index (χ1n) is 12.9. The summed E-state index contributed by atoms with van der Waals surface area (Å²) >= 11 is 2.81. The molecule has 8 nitrogen and oxygen atoms in total. The number of carboxylic acids is 1. The summed E-state index contributed by atoms with van der Waals surface area (Å²) in [6.45, 7) is 1.22. The second-order valence-electron chi connectivity index (χ2n) is 9.76. The molecular weight excluding hydrogens is 536 g/mol. The first-order valence-corrected chi connectivity index (χ1v) is 14.7. The van der Waals surface area contributed by atoms with Crippen LogP contribution in [0.4, 0.5) is 0 Å². The van der Waals surface area contributed by atoms with E-state index in [4.69, 9.17) is 9.47 Å². The zero-order valence-corrected chi connectivity index (χ0v) is 23.8. The minimum absolute atomic E-state index is 0.0666. The molecular formula is C29H34N2O6S2. The van der Waals surface area contributed by atoms with Crippen LogP contribution in [0.3, 0.4) is 0 Å². The minimum atomic E-state index is -1.48. The van der Waals surface area contributed by atoms with Gasteiger partial charge in [0, 0.05) is 31.7 Å². The molecule has 0 bridgehead atoms. The average molecular weight is 571 g/mol. The van der Waals surface area contributed by atoms with Gasteiger partial charge in [-0.3, -0.25) is 9.59 Å². The Kier molecular flexibility index (Phi) is 9.90. The first kappa shape index (κ1) is 28.9. The van der Waals surface area contributed by atoms with Crippen molar-refractivity contribution in [2.45, 2.75) is 43.4 Å². The number of ether oxygens (including phenoxy) is 2. The highest BCUT2D eigenvalue weighted by molar-refractivity contribution is 7.12. The number of carbonyl (C=O) groups is 3. The Morgan fingerprint density at radius 2 is 1.59 bits per heavy atom. The highest BCUT2D eigenvalue weighted by Crippen LogP contribution is 2.42. The second kappa shape index (κ2) is 13.3. The number of rotatable bonds is 13. The van der Waals surface area contributed by atoms with Crippen LogP contribution in [0, 0.1) is 0 Å². The number of carbonyl (C=O) groups excluding carboxylic acids is 2. The third-order valence-electron chi connectivity index (χ3n) is 7.24. The highest BCUT2D eigenvalue weighted by Gasteiger charge is 2.48. The fourth-order valence-electron chi connectivity index (χ4n) is 4.82. The maximum Gasteiger partial charge on any atom is 0.347 e. The molecule has 0 radical (unpaired) electrons. The number of carboxylic acid groups (broad SMARTS) is 1. The number of thiophene rings is 2. The van der Waals surface area contributed by atoms with Crippen molar-refractivity contribution in [2.75, 3.05) is 33.8 Å². The van der Waals surface area contributed by atoms with Gasteiger partial charge < -0.3 is 24.4 Å². The molecule has 208 valence electrons. The van der Waals surface area contributed by atoms with Crippen molar-refractivity contribution in [2.24, 2.45) is 0 Å². The summed E-state index contributed by atoms with van der Waals surface area (Å²) in [7, 11) is 3.83. The fourth-order valence-corrected chi connectivity index (χ4v) is 6.63. The molecule has 0 aliphatic heterocycles. The summed E-state index contributed by atoms with van der Waals surface area (Å²) in [5.41, 5.74) is -0.923. The SMILES string of the molecule is CN(CCN(C)[C@H]1CC[C@H](OC(C(=O)O)(c2cccs2)c2cccs2)CC1)C(=O)COc1ccc(C=O)cc1. The number of benzene rings is 1. The lowest BCUT2D eigenvalue weighted by molar-refractivity contribution is -0.170. The molecule has 1 saturated carbocycles. The Bertz CT molecular complexity index is 1170. The van der Waals surface area contributed by atoms with E-state index in [0.717, 1.165) is 38.5 Å². The summed E-state index contributed by atoms with van der Waals surface area (Å²) in [6.07, 6.45) is 3.93. The Morgan fingerprint density at radius 1 is 0.974 bits per heavy atom. The van der Waals surface area contributed by atoms with Gasteiger partial charge in [0.25, 0.3) is 5.91 Å². The van der Waals surface area contributed by atoms with E-state index in [1.165, 1.54) is 22.7 Å². The summed E-state index contributed by atoms with van der Waals surface area (Å²) in [5, 5.41) is 14.1. The van der Waals surface area contributed by atoms with E-state index in [0.29, 0.717) is 33.7 Å². The zero-order valence-electron chi connectivity index (χ0n) is 22.2. The van der Waals surface area contributed by atoms with E-state index in [-0.39, 0.29) is 18.6 Å². The molecule has 2 aromatic heterocycles. The summed E-state index contributed by atoms with van der Waals surface area (Å²) in [6, 6.07) is 14.4. The Hall–Kier alpha value is -3.05. The van der Waals surface area contributed by atoms with Gasteiger partial charge in [-0.1, -0.05) is 12.1 Å². The van der Waals surface area contributed by atoms with Crippen molar-refractivity contribution in [3.8, 4) is 5.75 Å². The number of aliphatic carboxylic acids is 1. The number of likely N-dealkylation sites (N-methyl/N-ethyl adjacent to an activating group) is 2. The lowest BCUT2D eigenvalue weighted by Crippen LogP contribution is -2.45. The summed E-state index contributed by atoms with van der Waals surface area (Å²) < 4.78 is 12.0.